The van der Waals surface area contributed by atoms with E-state index >= 15 is 0 Å². The van der Waals surface area contributed by atoms with Crippen LogP contribution < -0.4 is 10.6 Å². The topological polar surface area (TPSA) is 78.4 Å². The summed E-state index contributed by atoms with van der Waals surface area (Å²) in [6, 6.07) is 2.92. The van der Waals surface area contributed by atoms with Gasteiger partial charge in [0.1, 0.15) is 11.9 Å². The number of carbonyl (C=O) groups is 2. The Kier molecular flexibility index (Phi) is 4.57. The van der Waals surface area contributed by atoms with Crippen LogP contribution in [0.3, 0.4) is 0 Å². The summed E-state index contributed by atoms with van der Waals surface area (Å²) in [6.07, 6.45) is 1.71. The first-order valence-corrected chi connectivity index (χ1v) is 6.56. The molecule has 3 N–H and O–H groups in total. The van der Waals surface area contributed by atoms with Gasteiger partial charge in [0.05, 0.1) is 17.3 Å². The fourth-order valence-electron chi connectivity index (χ4n) is 1.87. The van der Waals surface area contributed by atoms with Crippen molar-refractivity contribution in [1.29, 1.82) is 0 Å². The molecule has 0 aromatic heterocycles. The van der Waals surface area contributed by atoms with Crippen LogP contribution >= 0.6 is 11.6 Å². The van der Waals surface area contributed by atoms with Crippen molar-refractivity contribution in [1.82, 2.24) is 5.32 Å². The lowest BCUT2D eigenvalue weighted by Crippen LogP contribution is -2.42. The zero-order valence-corrected chi connectivity index (χ0v) is 11.3. The van der Waals surface area contributed by atoms with Crippen molar-refractivity contribution in [3.8, 4) is 0 Å². The Balaban J connectivity index is 1.87. The molecule has 108 valence electrons. The highest BCUT2D eigenvalue weighted by molar-refractivity contribution is 6.33. The molecule has 0 heterocycles. The van der Waals surface area contributed by atoms with Gasteiger partial charge in [-0.25, -0.2) is 4.39 Å². The van der Waals surface area contributed by atoms with E-state index in [0.29, 0.717) is 0 Å². The van der Waals surface area contributed by atoms with Crippen LogP contribution in [0.5, 0.6) is 0 Å². The maximum absolute atomic E-state index is 12.8. The average molecular weight is 301 g/mol. The van der Waals surface area contributed by atoms with Crippen LogP contribution in [0.25, 0.3) is 0 Å². The average Bonchev–Trinajstić information content (AvgIpc) is 3.17. The lowest BCUT2D eigenvalue weighted by molar-refractivity contribution is -0.140. The fraction of sp³-hybridized carbons (Fsp3) is 0.385. The van der Waals surface area contributed by atoms with E-state index in [1.165, 1.54) is 12.1 Å². The normalized spacial score (nSPS) is 15.7. The number of hydrogen-bond acceptors (Lipinski definition) is 3. The third kappa shape index (κ3) is 3.91. The second-order valence-electron chi connectivity index (χ2n) is 4.71. The number of anilines is 1. The zero-order valence-electron chi connectivity index (χ0n) is 10.5. The maximum Gasteiger partial charge on any atom is 0.320 e. The Hall–Kier alpha value is -1.66. The molecule has 0 saturated heterocycles. The number of hydrogen-bond donors (Lipinski definition) is 3. The second-order valence-corrected chi connectivity index (χ2v) is 5.11. The molecule has 1 aliphatic rings. The van der Waals surface area contributed by atoms with Crippen LogP contribution in [0.2, 0.25) is 5.02 Å². The molecule has 0 bridgehead atoms. The van der Waals surface area contributed by atoms with E-state index in [9.17, 15) is 14.0 Å². The number of carboxylic acid groups (broad SMARTS) is 1. The van der Waals surface area contributed by atoms with Crippen LogP contribution in [0.1, 0.15) is 12.8 Å². The van der Waals surface area contributed by atoms with Gasteiger partial charge in [0, 0.05) is 0 Å². The molecule has 1 atom stereocenters. The Morgan fingerprint density at radius 3 is 2.70 bits per heavy atom. The minimum atomic E-state index is -0.958. The Bertz CT molecular complexity index is 534. The van der Waals surface area contributed by atoms with E-state index in [-0.39, 0.29) is 23.2 Å². The number of carboxylic acids is 1. The summed E-state index contributed by atoms with van der Waals surface area (Å²) < 4.78 is 12.8. The largest absolute Gasteiger partial charge is 0.480 e. The van der Waals surface area contributed by atoms with Crippen molar-refractivity contribution in [2.24, 2.45) is 5.92 Å². The SMILES string of the molecule is O=C(CNC(C(=O)O)C1CC1)Nc1ccc(F)cc1Cl. The molecule has 1 saturated carbocycles. The van der Waals surface area contributed by atoms with E-state index in [1.54, 1.807) is 0 Å². The Labute approximate surface area is 120 Å². The van der Waals surface area contributed by atoms with Crippen molar-refractivity contribution >= 4 is 29.2 Å². The van der Waals surface area contributed by atoms with Gasteiger partial charge >= 0.3 is 5.97 Å². The van der Waals surface area contributed by atoms with Gasteiger partial charge in [-0.3, -0.25) is 14.9 Å². The minimum absolute atomic E-state index is 0.0923. The first-order chi connectivity index (χ1) is 9.47. The standard InChI is InChI=1S/C13H14ClFN2O3/c14-9-5-8(15)3-4-10(9)17-11(18)6-16-12(13(19)20)7-1-2-7/h3-5,7,12,16H,1-2,6H2,(H,17,18)(H,19,20). The highest BCUT2D eigenvalue weighted by Gasteiger charge is 2.36. The molecular formula is C13H14ClFN2O3. The molecule has 0 spiro atoms. The maximum atomic E-state index is 12.8. The van der Waals surface area contributed by atoms with Gasteiger partial charge < -0.3 is 10.4 Å². The lowest BCUT2D eigenvalue weighted by atomic mass is 10.2. The first kappa shape index (κ1) is 14.7. The number of benzene rings is 1. The number of carbonyl (C=O) groups excluding carboxylic acids is 1. The predicted octanol–water partition coefficient (Wildman–Crippen LogP) is 1.87. The summed E-state index contributed by atoms with van der Waals surface area (Å²) in [5.74, 6) is -1.79. The third-order valence-corrected chi connectivity index (χ3v) is 3.36. The number of rotatable bonds is 6. The third-order valence-electron chi connectivity index (χ3n) is 3.05. The van der Waals surface area contributed by atoms with Crippen LogP contribution in [-0.4, -0.2) is 29.6 Å². The van der Waals surface area contributed by atoms with Crippen molar-refractivity contribution in [2.45, 2.75) is 18.9 Å². The summed E-state index contributed by atoms with van der Waals surface area (Å²) in [6.45, 7) is -0.138. The zero-order chi connectivity index (χ0) is 14.7. The first-order valence-electron chi connectivity index (χ1n) is 6.18. The monoisotopic (exact) mass is 300 g/mol. The molecule has 1 aromatic rings. The molecule has 0 radical (unpaired) electrons. The van der Waals surface area contributed by atoms with Gasteiger partial charge in [-0.15, -0.1) is 0 Å². The molecular weight excluding hydrogens is 287 g/mol. The van der Waals surface area contributed by atoms with Gasteiger partial charge in [0.2, 0.25) is 5.91 Å². The molecule has 1 aliphatic carbocycles. The second kappa shape index (κ2) is 6.19. The number of aliphatic carboxylic acids is 1. The van der Waals surface area contributed by atoms with Gasteiger partial charge in [-0.2, -0.15) is 0 Å². The lowest BCUT2D eigenvalue weighted by Gasteiger charge is -2.13. The molecule has 5 nitrogen and oxygen atoms in total. The number of nitrogens with one attached hydrogen (secondary N) is 2. The van der Waals surface area contributed by atoms with Crippen molar-refractivity contribution < 1.29 is 19.1 Å². The molecule has 1 aromatic carbocycles. The smallest absolute Gasteiger partial charge is 0.320 e. The molecule has 0 aliphatic heterocycles. The molecule has 20 heavy (non-hydrogen) atoms. The van der Waals surface area contributed by atoms with E-state index in [0.717, 1.165) is 18.9 Å². The van der Waals surface area contributed by atoms with Gasteiger partial charge in [0.15, 0.2) is 0 Å². The summed E-state index contributed by atoms with van der Waals surface area (Å²) in [5, 5.41) is 14.3. The van der Waals surface area contributed by atoms with E-state index in [4.69, 9.17) is 16.7 Å². The van der Waals surface area contributed by atoms with Gasteiger partial charge in [-0.05, 0) is 37.0 Å². The van der Waals surface area contributed by atoms with E-state index in [2.05, 4.69) is 10.6 Å². The molecule has 1 fully saturated rings. The quantitative estimate of drug-likeness (QED) is 0.749. The van der Waals surface area contributed by atoms with E-state index in [1.807, 2.05) is 0 Å². The van der Waals surface area contributed by atoms with Crippen LogP contribution in [0, 0.1) is 11.7 Å². The highest BCUT2D eigenvalue weighted by atomic mass is 35.5. The van der Waals surface area contributed by atoms with Gasteiger partial charge in [-0.1, -0.05) is 11.6 Å². The van der Waals surface area contributed by atoms with Crippen LogP contribution in [-0.2, 0) is 9.59 Å². The summed E-state index contributed by atoms with van der Waals surface area (Å²) in [7, 11) is 0. The number of amides is 1. The molecule has 1 amide bonds. The van der Waals surface area contributed by atoms with Gasteiger partial charge in [0.25, 0.3) is 0 Å². The summed E-state index contributed by atoms with van der Waals surface area (Å²) in [4.78, 5) is 22.7. The minimum Gasteiger partial charge on any atom is -0.480 e. The molecule has 2 rings (SSSR count). The summed E-state index contributed by atoms with van der Waals surface area (Å²) in [5.41, 5.74) is 0.290. The summed E-state index contributed by atoms with van der Waals surface area (Å²) >= 11 is 5.78. The molecule has 7 heteroatoms. The van der Waals surface area contributed by atoms with Crippen LogP contribution in [0.15, 0.2) is 18.2 Å². The van der Waals surface area contributed by atoms with E-state index < -0.39 is 23.7 Å². The fourth-order valence-corrected chi connectivity index (χ4v) is 2.09. The predicted molar refractivity (Wildman–Crippen MR) is 72.2 cm³/mol. The van der Waals surface area contributed by atoms with Crippen molar-refractivity contribution in [3.05, 3.63) is 29.0 Å². The highest BCUT2D eigenvalue weighted by Crippen LogP contribution is 2.32. The Morgan fingerprint density at radius 2 is 2.15 bits per heavy atom. The van der Waals surface area contributed by atoms with Crippen LogP contribution in [0.4, 0.5) is 10.1 Å². The van der Waals surface area contributed by atoms with Crippen molar-refractivity contribution in [3.63, 3.8) is 0 Å². The van der Waals surface area contributed by atoms with Crippen molar-refractivity contribution in [2.75, 3.05) is 11.9 Å². The number of halogens is 2. The molecule has 1 unspecified atom stereocenters. The Morgan fingerprint density at radius 1 is 1.45 bits per heavy atom.